The van der Waals surface area contributed by atoms with E-state index in [1.165, 1.54) is 35.9 Å². The largest absolute Gasteiger partial charge is 0.480 e. The van der Waals surface area contributed by atoms with E-state index in [1.807, 2.05) is 13.8 Å². The van der Waals surface area contributed by atoms with Crippen LogP contribution in [0, 0.1) is 5.82 Å². The summed E-state index contributed by atoms with van der Waals surface area (Å²) >= 11 is 7.25. The molecular formula is C23H22ClFN6O2S. The first-order chi connectivity index (χ1) is 16.3. The van der Waals surface area contributed by atoms with Crippen molar-refractivity contribution < 1.29 is 9.13 Å². The van der Waals surface area contributed by atoms with Crippen LogP contribution in [0.3, 0.4) is 0 Å². The van der Waals surface area contributed by atoms with Gasteiger partial charge in [0, 0.05) is 42.1 Å². The Morgan fingerprint density at radius 2 is 1.94 bits per heavy atom. The fourth-order valence-electron chi connectivity index (χ4n) is 3.31. The van der Waals surface area contributed by atoms with Gasteiger partial charge in [0.1, 0.15) is 11.5 Å². The van der Waals surface area contributed by atoms with E-state index in [9.17, 15) is 9.18 Å². The molecule has 0 radical (unpaired) electrons. The highest BCUT2D eigenvalue weighted by Gasteiger charge is 2.16. The molecule has 0 amide bonds. The van der Waals surface area contributed by atoms with E-state index in [0.29, 0.717) is 38.5 Å². The maximum absolute atomic E-state index is 14.8. The van der Waals surface area contributed by atoms with E-state index in [-0.39, 0.29) is 22.7 Å². The average molecular weight is 501 g/mol. The quantitative estimate of drug-likeness (QED) is 0.337. The Morgan fingerprint density at radius 3 is 2.68 bits per heavy atom. The van der Waals surface area contributed by atoms with Gasteiger partial charge in [0.2, 0.25) is 11.8 Å². The van der Waals surface area contributed by atoms with E-state index in [2.05, 4.69) is 25.0 Å². The van der Waals surface area contributed by atoms with Gasteiger partial charge >= 0.3 is 0 Å². The molecule has 0 aliphatic rings. The number of nitrogens with one attached hydrogen (secondary N) is 2. The number of anilines is 2. The molecule has 0 saturated heterocycles. The minimum atomic E-state index is -0.520. The van der Waals surface area contributed by atoms with Crippen molar-refractivity contribution in [3.05, 3.63) is 63.9 Å². The molecule has 176 valence electrons. The van der Waals surface area contributed by atoms with Gasteiger partial charge in [-0.05, 0) is 56.1 Å². The molecule has 0 spiro atoms. The number of aryl methyl sites for hydroxylation is 1. The first-order valence-corrected chi connectivity index (χ1v) is 11.5. The Balaban J connectivity index is 1.70. The van der Waals surface area contributed by atoms with Gasteiger partial charge in [-0.2, -0.15) is 4.98 Å². The molecule has 3 aromatic heterocycles. The van der Waals surface area contributed by atoms with Gasteiger partial charge in [0.25, 0.3) is 5.56 Å². The van der Waals surface area contributed by atoms with Crippen molar-refractivity contribution >= 4 is 46.2 Å². The molecule has 4 aromatic rings. The average Bonchev–Trinajstić information content (AvgIpc) is 2.81. The number of rotatable bonds is 7. The summed E-state index contributed by atoms with van der Waals surface area (Å²) in [6.07, 6.45) is 3.10. The van der Waals surface area contributed by atoms with E-state index < -0.39 is 5.82 Å². The van der Waals surface area contributed by atoms with Crippen LogP contribution in [0.4, 0.5) is 16.0 Å². The maximum Gasteiger partial charge on any atom is 0.259 e. The fourth-order valence-corrected chi connectivity index (χ4v) is 4.30. The summed E-state index contributed by atoms with van der Waals surface area (Å²) in [5.41, 5.74) is 1.03. The van der Waals surface area contributed by atoms with E-state index >= 15 is 0 Å². The second-order valence-corrected chi connectivity index (χ2v) is 9.04. The predicted molar refractivity (Wildman–Crippen MR) is 134 cm³/mol. The Labute approximate surface area is 204 Å². The second kappa shape index (κ2) is 9.86. The van der Waals surface area contributed by atoms with Crippen molar-refractivity contribution in [1.82, 2.24) is 19.5 Å². The van der Waals surface area contributed by atoms with Crippen molar-refractivity contribution in [3.8, 4) is 17.0 Å². The summed E-state index contributed by atoms with van der Waals surface area (Å²) in [6.45, 7) is 3.94. The van der Waals surface area contributed by atoms with Gasteiger partial charge in [-0.3, -0.25) is 9.36 Å². The Kier molecular flexibility index (Phi) is 6.90. The van der Waals surface area contributed by atoms with E-state index in [1.54, 1.807) is 37.5 Å². The van der Waals surface area contributed by atoms with Crippen LogP contribution in [0.15, 0.2) is 52.4 Å². The molecule has 0 saturated carbocycles. The normalized spacial score (nSPS) is 11.1. The summed E-state index contributed by atoms with van der Waals surface area (Å²) in [6, 6.07) is 7.91. The molecule has 4 rings (SSSR count). The van der Waals surface area contributed by atoms with Gasteiger partial charge in [-0.1, -0.05) is 11.6 Å². The van der Waals surface area contributed by atoms with Crippen molar-refractivity contribution in [2.45, 2.75) is 24.8 Å². The smallest absolute Gasteiger partial charge is 0.259 e. The Morgan fingerprint density at radius 1 is 1.15 bits per heavy atom. The SMILES string of the molecule is COc1ncc(Cl)cc1SNc1ccc(F)c(-c2cc3cnc(NC(C)C)nc3n(C)c2=O)c1. The highest BCUT2D eigenvalue weighted by Crippen LogP contribution is 2.32. The Bertz CT molecular complexity index is 1430. The van der Waals surface area contributed by atoms with Crippen LogP contribution in [-0.4, -0.2) is 32.7 Å². The maximum atomic E-state index is 14.8. The lowest BCUT2D eigenvalue weighted by atomic mass is 10.0. The van der Waals surface area contributed by atoms with Gasteiger partial charge in [0.05, 0.1) is 22.6 Å². The van der Waals surface area contributed by atoms with Crippen LogP contribution in [0.25, 0.3) is 22.2 Å². The van der Waals surface area contributed by atoms with Crippen LogP contribution in [-0.2, 0) is 7.05 Å². The number of methoxy groups -OCH3 is 1. The van der Waals surface area contributed by atoms with Crippen LogP contribution in [0.1, 0.15) is 13.8 Å². The molecule has 0 bridgehead atoms. The minimum absolute atomic E-state index is 0.138. The third kappa shape index (κ3) is 4.92. The zero-order chi connectivity index (χ0) is 24.4. The summed E-state index contributed by atoms with van der Waals surface area (Å²) in [5, 5.41) is 4.19. The molecular weight excluding hydrogens is 479 g/mol. The fraction of sp³-hybridized carbons (Fsp3) is 0.217. The van der Waals surface area contributed by atoms with E-state index in [0.717, 1.165) is 0 Å². The first kappa shape index (κ1) is 23.8. The number of hydrogen-bond donors (Lipinski definition) is 2. The molecule has 2 N–H and O–H groups in total. The number of ether oxygens (including phenoxy) is 1. The number of halogens is 2. The van der Waals surface area contributed by atoms with Gasteiger partial charge in [-0.15, -0.1) is 0 Å². The van der Waals surface area contributed by atoms with Gasteiger partial charge in [0.15, 0.2) is 0 Å². The highest BCUT2D eigenvalue weighted by molar-refractivity contribution is 8.00. The number of pyridine rings is 2. The lowest BCUT2D eigenvalue weighted by Crippen LogP contribution is -2.21. The summed E-state index contributed by atoms with van der Waals surface area (Å²) in [5.74, 6) is 0.303. The predicted octanol–water partition coefficient (Wildman–Crippen LogP) is 5.13. The number of hydrogen-bond acceptors (Lipinski definition) is 8. The van der Waals surface area contributed by atoms with E-state index in [4.69, 9.17) is 16.3 Å². The van der Waals surface area contributed by atoms with Crippen molar-refractivity contribution in [1.29, 1.82) is 0 Å². The van der Waals surface area contributed by atoms with Gasteiger partial charge in [-0.25, -0.2) is 14.4 Å². The Hall–Kier alpha value is -3.37. The second-order valence-electron chi connectivity index (χ2n) is 7.75. The molecule has 0 aliphatic heterocycles. The molecule has 34 heavy (non-hydrogen) atoms. The van der Waals surface area contributed by atoms with Crippen LogP contribution < -0.4 is 20.3 Å². The lowest BCUT2D eigenvalue weighted by Gasteiger charge is -2.13. The van der Waals surface area contributed by atoms with Crippen LogP contribution in [0.2, 0.25) is 5.02 Å². The number of benzene rings is 1. The summed E-state index contributed by atoms with van der Waals surface area (Å²) < 4.78 is 24.6. The van der Waals surface area contributed by atoms with Crippen LogP contribution >= 0.6 is 23.5 Å². The highest BCUT2D eigenvalue weighted by atomic mass is 35.5. The number of nitrogens with zero attached hydrogens (tertiary/aromatic N) is 4. The summed E-state index contributed by atoms with van der Waals surface area (Å²) in [4.78, 5) is 26.7. The zero-order valence-electron chi connectivity index (χ0n) is 18.9. The number of aromatic nitrogens is 4. The lowest BCUT2D eigenvalue weighted by molar-refractivity contribution is 0.387. The molecule has 0 atom stereocenters. The molecule has 0 unspecified atom stereocenters. The third-order valence-corrected chi connectivity index (χ3v) is 5.94. The van der Waals surface area contributed by atoms with Crippen molar-refractivity contribution in [3.63, 3.8) is 0 Å². The van der Waals surface area contributed by atoms with Crippen LogP contribution in [0.5, 0.6) is 5.88 Å². The van der Waals surface area contributed by atoms with Crippen molar-refractivity contribution in [2.75, 3.05) is 17.1 Å². The molecule has 0 fully saturated rings. The topological polar surface area (TPSA) is 94.0 Å². The standard InChI is InChI=1S/C23H22ClFN6O2S/c1-12(2)28-23-27-10-13-7-17(22(32)31(3)20(13)29-23)16-9-15(5-6-18(16)25)30-34-19-8-14(24)11-26-21(19)33-4/h5-12,30H,1-4H3,(H,27,28,29). The first-order valence-electron chi connectivity index (χ1n) is 10.3. The molecule has 11 heteroatoms. The molecule has 1 aromatic carbocycles. The molecule has 3 heterocycles. The monoisotopic (exact) mass is 500 g/mol. The minimum Gasteiger partial charge on any atom is -0.480 e. The van der Waals surface area contributed by atoms with Crippen molar-refractivity contribution in [2.24, 2.45) is 7.05 Å². The molecule has 0 aliphatic carbocycles. The third-order valence-electron chi connectivity index (χ3n) is 4.88. The number of fused-ring (bicyclic) bond motifs is 1. The van der Waals surface area contributed by atoms with Gasteiger partial charge < -0.3 is 14.8 Å². The zero-order valence-corrected chi connectivity index (χ0v) is 20.5. The summed E-state index contributed by atoms with van der Waals surface area (Å²) in [7, 11) is 3.12. The molecule has 8 nitrogen and oxygen atoms in total.